The van der Waals surface area contributed by atoms with Crippen molar-refractivity contribution < 1.29 is 24.1 Å². The molecule has 0 aliphatic carbocycles. The van der Waals surface area contributed by atoms with E-state index in [1.54, 1.807) is 0 Å². The molecule has 0 radical (unpaired) electrons. The van der Waals surface area contributed by atoms with Gasteiger partial charge in [0, 0.05) is 6.20 Å². The summed E-state index contributed by atoms with van der Waals surface area (Å²) in [5, 5.41) is 0. The fraction of sp³-hybridized carbons (Fsp3) is 0.211. The maximum absolute atomic E-state index is 6.72. The fourth-order valence-electron chi connectivity index (χ4n) is 6.20. The number of pyridine rings is 1. The van der Waals surface area contributed by atoms with Gasteiger partial charge in [0.15, 0.2) is 0 Å². The van der Waals surface area contributed by atoms with Crippen LogP contribution in [0.5, 0.6) is 11.5 Å². The summed E-state index contributed by atoms with van der Waals surface area (Å²) in [6, 6.07) is 36.3. The van der Waals surface area contributed by atoms with E-state index in [0.29, 0.717) is 0 Å². The molecule has 224 valence electrons. The number of benzene rings is 4. The van der Waals surface area contributed by atoms with Crippen molar-refractivity contribution in [3.05, 3.63) is 124 Å². The van der Waals surface area contributed by atoms with Gasteiger partial charge >= 0.3 is 221 Å². The van der Waals surface area contributed by atoms with Gasteiger partial charge in [-0.05, 0) is 17.0 Å². The van der Waals surface area contributed by atoms with Gasteiger partial charge in [-0.15, -0.1) is 0 Å². The normalized spacial score (nSPS) is 13.3. The Balaban J connectivity index is 1.33. The first-order valence-corrected chi connectivity index (χ1v) is 16.3. The third-order valence-electron chi connectivity index (χ3n) is 8.49. The van der Waals surface area contributed by atoms with Crippen LogP contribution in [-0.4, -0.2) is 20.7 Å². The summed E-state index contributed by atoms with van der Waals surface area (Å²) in [5.74, 6) is 2.60. The third-order valence-corrected chi connectivity index (χ3v) is 9.76. The van der Waals surface area contributed by atoms with Crippen LogP contribution in [0.3, 0.4) is 0 Å². The summed E-state index contributed by atoms with van der Waals surface area (Å²) < 4.78 is 12.3. The number of aryl methyl sites for hydroxylation is 1. The van der Waals surface area contributed by atoms with E-state index in [9.17, 15) is 0 Å². The van der Waals surface area contributed by atoms with E-state index in [1.807, 2.05) is 12.3 Å². The van der Waals surface area contributed by atoms with Gasteiger partial charge in [0.2, 0.25) is 0 Å². The molecule has 44 heavy (non-hydrogen) atoms. The minimum atomic E-state index is 0.0431. The van der Waals surface area contributed by atoms with E-state index in [-0.39, 0.29) is 5.41 Å². The van der Waals surface area contributed by atoms with Crippen LogP contribution in [0.1, 0.15) is 38.3 Å². The van der Waals surface area contributed by atoms with Crippen LogP contribution in [0.2, 0.25) is 0 Å². The SMILES string of the molecule is Cn1[c](=[Pt])n(-c2cccc(Oc3cc(-c4ccccc4)c4c(c3)N(c3cc(C(C)(C)C)ccn3)CCC4)c2)c2ccccc21. The number of rotatable bonds is 5. The van der Waals surface area contributed by atoms with Crippen LogP contribution in [-0.2, 0) is 38.2 Å². The van der Waals surface area contributed by atoms with Crippen molar-refractivity contribution in [3.8, 4) is 28.3 Å². The quantitative estimate of drug-likeness (QED) is 0.176. The van der Waals surface area contributed by atoms with Crippen LogP contribution in [0, 0.1) is 3.80 Å². The summed E-state index contributed by atoms with van der Waals surface area (Å²) in [6.07, 6.45) is 4.03. The topological polar surface area (TPSA) is 35.2 Å². The summed E-state index contributed by atoms with van der Waals surface area (Å²) in [5.41, 5.74) is 9.66. The number of anilines is 2. The number of para-hydroxylation sites is 2. The molecule has 4 aromatic carbocycles. The van der Waals surface area contributed by atoms with Crippen molar-refractivity contribution in [3.63, 3.8) is 0 Å². The first-order valence-electron chi connectivity index (χ1n) is 15.1. The standard InChI is InChI=1S/C38H36N4O.Pt/c1-38(2,3)28-19-20-39-37(22-28)41-21-11-16-32-33(27-12-6-5-7-13-27)24-31(25-36(32)41)43-30-15-10-14-29(23-30)42-26-40(4)34-17-8-9-18-35(34)42;/h5-10,12-15,17-20,22-25H,11,16,21H2,1-4H3;. The Labute approximate surface area is 269 Å². The van der Waals surface area contributed by atoms with Crippen molar-refractivity contribution in [2.75, 3.05) is 11.4 Å². The molecule has 1 aliphatic heterocycles. The molecule has 0 saturated heterocycles. The number of aromatic nitrogens is 3. The summed E-state index contributed by atoms with van der Waals surface area (Å²) in [4.78, 5) is 7.22. The maximum atomic E-state index is 6.72. The molecule has 2 aromatic heterocycles. The predicted octanol–water partition coefficient (Wildman–Crippen LogP) is 9.28. The molecular weight excluding hydrogens is 724 g/mol. The second-order valence-corrected chi connectivity index (χ2v) is 13.5. The Morgan fingerprint density at radius 1 is 0.795 bits per heavy atom. The van der Waals surface area contributed by atoms with E-state index in [0.717, 1.165) is 51.7 Å². The van der Waals surface area contributed by atoms with Crippen molar-refractivity contribution in [2.24, 2.45) is 7.05 Å². The van der Waals surface area contributed by atoms with Crippen LogP contribution in [0.4, 0.5) is 11.5 Å². The molecular formula is C38H36N4OPt. The molecule has 0 amide bonds. The molecule has 0 bridgehead atoms. The van der Waals surface area contributed by atoms with Gasteiger partial charge < -0.3 is 0 Å². The number of hydrogen-bond donors (Lipinski definition) is 0. The molecule has 1 aliphatic rings. The first-order chi connectivity index (χ1) is 21.3. The molecule has 5 nitrogen and oxygen atoms in total. The van der Waals surface area contributed by atoms with Crippen molar-refractivity contribution in [2.45, 2.75) is 39.0 Å². The van der Waals surface area contributed by atoms with E-state index in [2.05, 4.69) is 158 Å². The zero-order valence-electron chi connectivity index (χ0n) is 25.5. The van der Waals surface area contributed by atoms with Gasteiger partial charge in [0.1, 0.15) is 0 Å². The Morgan fingerprint density at radius 3 is 2.36 bits per heavy atom. The molecule has 0 unspecified atom stereocenters. The minimum absolute atomic E-state index is 0.0431. The molecule has 6 heteroatoms. The number of nitrogens with zero attached hydrogens (tertiary/aromatic N) is 4. The van der Waals surface area contributed by atoms with Gasteiger partial charge in [0.25, 0.3) is 0 Å². The average Bonchev–Trinajstić information content (AvgIpc) is 3.30. The average molecular weight is 760 g/mol. The predicted molar refractivity (Wildman–Crippen MR) is 176 cm³/mol. The van der Waals surface area contributed by atoms with Crippen LogP contribution >= 0.6 is 0 Å². The van der Waals surface area contributed by atoms with E-state index in [4.69, 9.17) is 9.72 Å². The van der Waals surface area contributed by atoms with Gasteiger partial charge in [0.05, 0.1) is 0 Å². The van der Waals surface area contributed by atoms with Gasteiger partial charge in [-0.2, -0.15) is 0 Å². The zero-order chi connectivity index (χ0) is 30.4. The van der Waals surface area contributed by atoms with Gasteiger partial charge in [-0.1, -0.05) is 26.8 Å². The molecule has 0 N–H and O–H groups in total. The molecule has 0 saturated carbocycles. The van der Waals surface area contributed by atoms with E-state index in [1.165, 1.54) is 33.5 Å². The Bertz CT molecular complexity index is 2050. The van der Waals surface area contributed by atoms with Crippen LogP contribution in [0.25, 0.3) is 27.8 Å². The summed E-state index contributed by atoms with van der Waals surface area (Å²) in [7, 11) is 2.11. The van der Waals surface area contributed by atoms with Gasteiger partial charge in [-0.3, -0.25) is 0 Å². The molecule has 0 fully saturated rings. The van der Waals surface area contributed by atoms with E-state index >= 15 is 0 Å². The van der Waals surface area contributed by atoms with Gasteiger partial charge in [-0.25, -0.2) is 0 Å². The number of hydrogen-bond acceptors (Lipinski definition) is 3. The van der Waals surface area contributed by atoms with Crippen molar-refractivity contribution in [1.82, 2.24) is 14.1 Å². The summed E-state index contributed by atoms with van der Waals surface area (Å²) in [6.45, 7) is 7.67. The number of imidazole rings is 1. The zero-order valence-corrected chi connectivity index (χ0v) is 27.8. The molecule has 7 rings (SSSR count). The third kappa shape index (κ3) is 5.24. The molecule has 0 spiro atoms. The number of ether oxygens (including phenoxy) is 1. The monoisotopic (exact) mass is 759 g/mol. The Morgan fingerprint density at radius 2 is 1.57 bits per heavy atom. The second-order valence-electron chi connectivity index (χ2n) is 12.5. The van der Waals surface area contributed by atoms with Crippen LogP contribution < -0.4 is 9.64 Å². The first kappa shape index (κ1) is 28.6. The van der Waals surface area contributed by atoms with E-state index < -0.39 is 0 Å². The Hall–Kier alpha value is -4.21. The fourth-order valence-corrected chi connectivity index (χ4v) is 7.04. The van der Waals surface area contributed by atoms with Crippen LogP contribution in [0.15, 0.2) is 109 Å². The Kier molecular flexibility index (Phi) is 7.38. The number of fused-ring (bicyclic) bond motifs is 2. The second kappa shape index (κ2) is 11.4. The van der Waals surface area contributed by atoms with Crippen molar-refractivity contribution in [1.29, 1.82) is 0 Å². The molecule has 3 heterocycles. The summed E-state index contributed by atoms with van der Waals surface area (Å²) >= 11 is 2.40. The molecule has 6 aromatic rings. The van der Waals surface area contributed by atoms with Crippen molar-refractivity contribution >= 4 is 22.5 Å². The molecule has 0 atom stereocenters.